The van der Waals surface area contributed by atoms with Crippen LogP contribution in [0.5, 0.6) is 0 Å². The summed E-state index contributed by atoms with van der Waals surface area (Å²) in [4.78, 5) is 22.2. The Bertz CT molecular complexity index is 271. The van der Waals surface area contributed by atoms with Gasteiger partial charge in [0.05, 0.1) is 5.92 Å². The second-order valence-corrected chi connectivity index (χ2v) is 4.29. The molecule has 0 aromatic rings. The second-order valence-electron chi connectivity index (χ2n) is 4.29. The minimum Gasteiger partial charge on any atom is -0.369 e. The first-order valence-electron chi connectivity index (χ1n) is 4.65. The molecule has 2 atom stereocenters. The molecule has 0 aliphatic heterocycles. The molecular weight excluding hydrogens is 168 g/mol. The van der Waals surface area contributed by atoms with Gasteiger partial charge in [0.15, 0.2) is 0 Å². The van der Waals surface area contributed by atoms with Crippen molar-refractivity contribution >= 4 is 11.8 Å². The predicted molar refractivity (Wildman–Crippen MR) is 46.3 cm³/mol. The number of nitrogens with two attached hydrogens (primary N) is 2. The lowest BCUT2D eigenvalue weighted by Gasteiger charge is -2.18. The molecular formula is C9H14N2O2. The van der Waals surface area contributed by atoms with E-state index >= 15 is 0 Å². The van der Waals surface area contributed by atoms with Crippen LogP contribution in [0.15, 0.2) is 0 Å². The van der Waals surface area contributed by atoms with Crippen LogP contribution in [0.1, 0.15) is 25.7 Å². The van der Waals surface area contributed by atoms with Crippen molar-refractivity contribution in [2.24, 2.45) is 28.7 Å². The Balaban J connectivity index is 2.23. The minimum atomic E-state index is -0.368. The van der Waals surface area contributed by atoms with Crippen LogP contribution in [-0.2, 0) is 9.59 Å². The maximum atomic E-state index is 11.2. The Kier molecular flexibility index (Phi) is 1.62. The zero-order chi connectivity index (χ0) is 9.64. The van der Waals surface area contributed by atoms with Crippen LogP contribution in [0.3, 0.4) is 0 Å². The van der Waals surface area contributed by atoms with Gasteiger partial charge in [-0.15, -0.1) is 0 Å². The SMILES string of the molecule is NC(=O)C1CCC2(CC2)C1C(N)=O. The molecule has 2 unspecified atom stereocenters. The Labute approximate surface area is 76.6 Å². The van der Waals surface area contributed by atoms with Crippen LogP contribution in [0.25, 0.3) is 0 Å². The van der Waals surface area contributed by atoms with Crippen molar-refractivity contribution in [3.05, 3.63) is 0 Å². The molecule has 0 heterocycles. The molecule has 4 nitrogen and oxygen atoms in total. The van der Waals surface area contributed by atoms with Gasteiger partial charge in [-0.25, -0.2) is 0 Å². The molecule has 2 amide bonds. The van der Waals surface area contributed by atoms with Crippen molar-refractivity contribution in [1.29, 1.82) is 0 Å². The maximum absolute atomic E-state index is 11.2. The smallest absolute Gasteiger partial charge is 0.221 e. The van der Waals surface area contributed by atoms with E-state index < -0.39 is 0 Å². The lowest BCUT2D eigenvalue weighted by atomic mass is 9.86. The van der Waals surface area contributed by atoms with E-state index in [0.717, 1.165) is 25.7 Å². The van der Waals surface area contributed by atoms with E-state index in [1.165, 1.54) is 0 Å². The standard InChI is InChI=1S/C9H14N2O2/c10-7(12)5-1-2-9(3-4-9)6(5)8(11)13/h5-6H,1-4H2,(H2,10,12)(H2,11,13). The summed E-state index contributed by atoms with van der Waals surface area (Å²) in [6, 6.07) is 0. The lowest BCUT2D eigenvalue weighted by Crippen LogP contribution is -2.37. The van der Waals surface area contributed by atoms with Crippen LogP contribution < -0.4 is 11.5 Å². The first-order chi connectivity index (χ1) is 6.07. The number of hydrogen-bond acceptors (Lipinski definition) is 2. The van der Waals surface area contributed by atoms with Crippen molar-refractivity contribution < 1.29 is 9.59 Å². The zero-order valence-electron chi connectivity index (χ0n) is 7.45. The number of carbonyl (C=O) groups is 2. The first kappa shape index (κ1) is 8.53. The van der Waals surface area contributed by atoms with Gasteiger partial charge in [-0.1, -0.05) is 0 Å². The van der Waals surface area contributed by atoms with Crippen LogP contribution in [0.4, 0.5) is 0 Å². The summed E-state index contributed by atoms with van der Waals surface area (Å²) in [6.45, 7) is 0. The van der Waals surface area contributed by atoms with Gasteiger partial charge in [0, 0.05) is 5.92 Å². The van der Waals surface area contributed by atoms with Crippen molar-refractivity contribution in [1.82, 2.24) is 0 Å². The number of rotatable bonds is 2. The molecule has 4 N–H and O–H groups in total. The third-order valence-electron chi connectivity index (χ3n) is 3.58. The fraction of sp³-hybridized carbons (Fsp3) is 0.778. The van der Waals surface area contributed by atoms with Crippen molar-refractivity contribution in [3.63, 3.8) is 0 Å². The number of hydrogen-bond donors (Lipinski definition) is 2. The van der Waals surface area contributed by atoms with Crippen LogP contribution in [0.2, 0.25) is 0 Å². The second kappa shape index (κ2) is 2.47. The minimum absolute atomic E-state index is 0.0610. The molecule has 0 aromatic carbocycles. The summed E-state index contributed by atoms with van der Waals surface area (Å²) in [7, 11) is 0. The summed E-state index contributed by atoms with van der Waals surface area (Å²) in [5, 5.41) is 0. The molecule has 2 rings (SSSR count). The van der Waals surface area contributed by atoms with Crippen molar-refractivity contribution in [2.45, 2.75) is 25.7 Å². The highest BCUT2D eigenvalue weighted by molar-refractivity contribution is 5.87. The van der Waals surface area contributed by atoms with Gasteiger partial charge in [0.25, 0.3) is 0 Å². The fourth-order valence-electron chi connectivity index (χ4n) is 2.72. The summed E-state index contributed by atoms with van der Waals surface area (Å²) in [5.41, 5.74) is 10.6. The average Bonchev–Trinajstić information content (AvgIpc) is 2.61. The van der Waals surface area contributed by atoms with Crippen molar-refractivity contribution in [3.8, 4) is 0 Å². The van der Waals surface area contributed by atoms with E-state index in [2.05, 4.69) is 0 Å². The Hall–Kier alpha value is -1.06. The van der Waals surface area contributed by atoms with E-state index in [1.54, 1.807) is 0 Å². The summed E-state index contributed by atoms with van der Waals surface area (Å²) in [6.07, 6.45) is 3.74. The monoisotopic (exact) mass is 182 g/mol. The molecule has 0 bridgehead atoms. The molecule has 0 radical (unpaired) electrons. The molecule has 4 heteroatoms. The highest BCUT2D eigenvalue weighted by Gasteiger charge is 2.59. The highest BCUT2D eigenvalue weighted by atomic mass is 16.2. The highest BCUT2D eigenvalue weighted by Crippen LogP contribution is 2.62. The third-order valence-corrected chi connectivity index (χ3v) is 3.58. The van der Waals surface area contributed by atoms with Gasteiger partial charge in [0.1, 0.15) is 0 Å². The topological polar surface area (TPSA) is 86.2 Å². The molecule has 2 aliphatic carbocycles. The van der Waals surface area contributed by atoms with E-state index in [-0.39, 0.29) is 29.1 Å². The normalized spacial score (nSPS) is 34.8. The zero-order valence-corrected chi connectivity index (χ0v) is 7.45. The molecule has 13 heavy (non-hydrogen) atoms. The fourth-order valence-corrected chi connectivity index (χ4v) is 2.72. The third kappa shape index (κ3) is 1.12. The van der Waals surface area contributed by atoms with Crippen LogP contribution in [0, 0.1) is 17.3 Å². The Morgan fingerprint density at radius 1 is 1.08 bits per heavy atom. The molecule has 2 saturated carbocycles. The molecule has 1 spiro atoms. The predicted octanol–water partition coefficient (Wildman–Crippen LogP) is -0.237. The maximum Gasteiger partial charge on any atom is 0.221 e. The number of amides is 2. The van der Waals surface area contributed by atoms with E-state index in [9.17, 15) is 9.59 Å². The quantitative estimate of drug-likeness (QED) is 0.617. The molecule has 2 aliphatic rings. The van der Waals surface area contributed by atoms with Gasteiger partial charge in [-0.3, -0.25) is 9.59 Å². The van der Waals surface area contributed by atoms with Crippen molar-refractivity contribution in [2.75, 3.05) is 0 Å². The van der Waals surface area contributed by atoms with Crippen LogP contribution in [-0.4, -0.2) is 11.8 Å². The molecule has 2 fully saturated rings. The van der Waals surface area contributed by atoms with Gasteiger partial charge in [0.2, 0.25) is 11.8 Å². The Morgan fingerprint density at radius 3 is 2.08 bits per heavy atom. The average molecular weight is 182 g/mol. The number of carbonyl (C=O) groups excluding carboxylic acids is 2. The summed E-state index contributed by atoms with van der Waals surface area (Å²) >= 11 is 0. The molecule has 0 saturated heterocycles. The van der Waals surface area contributed by atoms with Crippen LogP contribution >= 0.6 is 0 Å². The number of primary amides is 2. The van der Waals surface area contributed by atoms with E-state index in [0.29, 0.717) is 0 Å². The van der Waals surface area contributed by atoms with Gasteiger partial charge >= 0.3 is 0 Å². The van der Waals surface area contributed by atoms with Gasteiger partial charge in [-0.05, 0) is 31.1 Å². The van der Waals surface area contributed by atoms with E-state index in [4.69, 9.17) is 11.5 Å². The summed E-state index contributed by atoms with van der Waals surface area (Å²) in [5.74, 6) is -1.31. The summed E-state index contributed by atoms with van der Waals surface area (Å²) < 4.78 is 0. The lowest BCUT2D eigenvalue weighted by molar-refractivity contribution is -0.131. The van der Waals surface area contributed by atoms with Gasteiger partial charge in [-0.2, -0.15) is 0 Å². The first-order valence-corrected chi connectivity index (χ1v) is 4.65. The Morgan fingerprint density at radius 2 is 1.69 bits per heavy atom. The van der Waals surface area contributed by atoms with E-state index in [1.807, 2.05) is 0 Å². The largest absolute Gasteiger partial charge is 0.369 e. The molecule has 72 valence electrons. The molecule has 0 aromatic heterocycles. The van der Waals surface area contributed by atoms with Gasteiger partial charge < -0.3 is 11.5 Å².